The predicted molar refractivity (Wildman–Crippen MR) is 114 cm³/mol. The van der Waals surface area contributed by atoms with Crippen LogP contribution in [0.4, 0.5) is 0 Å². The molecule has 140 valence electrons. The van der Waals surface area contributed by atoms with E-state index in [2.05, 4.69) is 19.9 Å². The number of aromatic nitrogens is 3. The maximum Gasteiger partial charge on any atom is 0.159 e. The van der Waals surface area contributed by atoms with Gasteiger partial charge in [0.15, 0.2) is 10.8 Å². The molecule has 0 aliphatic carbocycles. The first-order valence-electron chi connectivity index (χ1n) is 8.33. The van der Waals surface area contributed by atoms with E-state index in [0.717, 1.165) is 35.0 Å². The number of nitrogens with zero attached hydrogens (tertiary/aromatic N) is 4. The first-order valence-corrected chi connectivity index (χ1v) is 10.7. The lowest BCUT2D eigenvalue weighted by atomic mass is 10.1. The first kappa shape index (κ1) is 18.9. The summed E-state index contributed by atoms with van der Waals surface area (Å²) < 4.78 is 0. The van der Waals surface area contributed by atoms with E-state index in [9.17, 15) is 0 Å². The Morgan fingerprint density at radius 3 is 2.81 bits per heavy atom. The number of fused-ring (bicyclic) bond motifs is 1. The summed E-state index contributed by atoms with van der Waals surface area (Å²) in [7, 11) is 0. The van der Waals surface area contributed by atoms with Crippen LogP contribution in [0.25, 0.3) is 11.2 Å². The van der Waals surface area contributed by atoms with Crippen LogP contribution in [0.1, 0.15) is 11.4 Å². The van der Waals surface area contributed by atoms with Gasteiger partial charge in [-0.15, -0.1) is 0 Å². The van der Waals surface area contributed by atoms with Crippen molar-refractivity contribution in [3.8, 4) is 0 Å². The molecule has 2 aromatic heterocycles. The van der Waals surface area contributed by atoms with Gasteiger partial charge in [-0.1, -0.05) is 52.6 Å². The van der Waals surface area contributed by atoms with Gasteiger partial charge in [0.05, 0.1) is 12.6 Å². The third-order valence-electron chi connectivity index (χ3n) is 4.35. The number of H-pyrrole nitrogens is 1. The Balaban J connectivity index is 1.49. The molecule has 9 heteroatoms. The van der Waals surface area contributed by atoms with Crippen LogP contribution in [0, 0.1) is 0 Å². The highest BCUT2D eigenvalue weighted by Crippen LogP contribution is 2.26. The van der Waals surface area contributed by atoms with Crippen LogP contribution in [-0.2, 0) is 13.0 Å². The van der Waals surface area contributed by atoms with Crippen molar-refractivity contribution in [1.82, 2.24) is 19.9 Å². The van der Waals surface area contributed by atoms with E-state index in [1.54, 1.807) is 23.9 Å². The molecule has 1 aliphatic rings. The highest BCUT2D eigenvalue weighted by Gasteiger charge is 2.26. The number of benzene rings is 1. The summed E-state index contributed by atoms with van der Waals surface area (Å²) in [6.45, 7) is 1.44. The molecular formula is C18H16Cl3N5S. The van der Waals surface area contributed by atoms with Crippen molar-refractivity contribution in [2.75, 3.05) is 12.8 Å². The van der Waals surface area contributed by atoms with Gasteiger partial charge in [0.25, 0.3) is 0 Å². The molecule has 1 N–H and O–H groups in total. The van der Waals surface area contributed by atoms with Crippen molar-refractivity contribution in [1.29, 1.82) is 0 Å². The van der Waals surface area contributed by atoms with Crippen LogP contribution < -0.4 is 0 Å². The summed E-state index contributed by atoms with van der Waals surface area (Å²) in [4.78, 5) is 19.2. The first-order chi connectivity index (χ1) is 13.0. The van der Waals surface area contributed by atoms with Gasteiger partial charge in [-0.25, -0.2) is 9.97 Å². The normalized spacial score (nSPS) is 17.0. The van der Waals surface area contributed by atoms with Gasteiger partial charge in [-0.2, -0.15) is 0 Å². The molecule has 1 unspecified atom stereocenters. The van der Waals surface area contributed by atoms with Crippen LogP contribution in [0.2, 0.25) is 15.2 Å². The Labute approximate surface area is 176 Å². The molecule has 0 saturated carbocycles. The topological polar surface area (TPSA) is 57.2 Å². The fourth-order valence-electron chi connectivity index (χ4n) is 3.15. The van der Waals surface area contributed by atoms with Crippen molar-refractivity contribution in [3.05, 3.63) is 56.9 Å². The molecule has 0 amide bonds. The van der Waals surface area contributed by atoms with Crippen molar-refractivity contribution in [3.63, 3.8) is 0 Å². The fraction of sp³-hybridized carbons (Fsp3) is 0.278. The Morgan fingerprint density at radius 2 is 2.04 bits per heavy atom. The van der Waals surface area contributed by atoms with E-state index in [-0.39, 0.29) is 6.04 Å². The molecule has 1 aliphatic heterocycles. The van der Waals surface area contributed by atoms with E-state index >= 15 is 0 Å². The highest BCUT2D eigenvalue weighted by molar-refractivity contribution is 8.13. The smallest absolute Gasteiger partial charge is 0.159 e. The number of nitrogens with one attached hydrogen (secondary N) is 1. The molecular weight excluding hydrogens is 425 g/mol. The van der Waals surface area contributed by atoms with Crippen molar-refractivity contribution in [2.24, 2.45) is 4.99 Å². The summed E-state index contributed by atoms with van der Waals surface area (Å²) >= 11 is 19.9. The lowest BCUT2D eigenvalue weighted by Crippen LogP contribution is -2.28. The molecule has 3 heterocycles. The predicted octanol–water partition coefficient (Wildman–Crippen LogP) is 5.06. The van der Waals surface area contributed by atoms with Gasteiger partial charge in [0.2, 0.25) is 0 Å². The average molecular weight is 441 g/mol. The maximum absolute atomic E-state index is 6.32. The van der Waals surface area contributed by atoms with Crippen LogP contribution in [0.5, 0.6) is 0 Å². The summed E-state index contributed by atoms with van der Waals surface area (Å²) in [5.74, 6) is 0.840. The number of thioether (sulfide) groups is 1. The zero-order valence-electron chi connectivity index (χ0n) is 14.4. The van der Waals surface area contributed by atoms with Gasteiger partial charge in [0.1, 0.15) is 16.5 Å². The third-order valence-corrected chi connectivity index (χ3v) is 5.87. The Hall–Kier alpha value is -1.47. The zero-order valence-corrected chi connectivity index (χ0v) is 17.5. The van der Waals surface area contributed by atoms with Gasteiger partial charge in [-0.05, 0) is 42.5 Å². The second-order valence-electron chi connectivity index (χ2n) is 6.28. The van der Waals surface area contributed by atoms with Gasteiger partial charge in [-0.3, -0.25) is 4.99 Å². The summed E-state index contributed by atoms with van der Waals surface area (Å²) in [5, 5.41) is 2.77. The largest absolute Gasteiger partial charge is 0.342 e. The number of amidine groups is 1. The molecule has 1 atom stereocenters. The third kappa shape index (κ3) is 4.19. The van der Waals surface area contributed by atoms with Gasteiger partial charge < -0.3 is 9.88 Å². The second kappa shape index (κ2) is 7.87. The number of aliphatic imine (C=N–C) groups is 1. The molecule has 0 saturated heterocycles. The zero-order chi connectivity index (χ0) is 19.0. The minimum Gasteiger partial charge on any atom is -0.342 e. The number of halogens is 3. The number of aromatic amines is 1. The number of hydrogen-bond acceptors (Lipinski definition) is 5. The molecule has 0 bridgehead atoms. The standard InChI is InChI=1S/C18H16Cl3N5S/c1-27-18-22-12(6-10-2-3-11(19)7-13(10)20)8-26(18)9-16-23-14-4-5-15(21)24-17(14)25-16/h2-5,7,12H,6,8-9H2,1H3,(H,23,24,25). The quantitative estimate of drug-likeness (QED) is 0.576. The molecule has 3 aromatic rings. The summed E-state index contributed by atoms with van der Waals surface area (Å²) in [5.41, 5.74) is 2.56. The molecule has 1 aromatic carbocycles. The Bertz CT molecular complexity index is 1020. The maximum atomic E-state index is 6.32. The van der Waals surface area contributed by atoms with Crippen molar-refractivity contribution >= 4 is 62.9 Å². The lowest BCUT2D eigenvalue weighted by molar-refractivity contribution is 0.412. The molecule has 0 spiro atoms. The van der Waals surface area contributed by atoms with Crippen LogP contribution in [-0.4, -0.2) is 43.9 Å². The van der Waals surface area contributed by atoms with E-state index < -0.39 is 0 Å². The van der Waals surface area contributed by atoms with E-state index in [0.29, 0.717) is 27.4 Å². The molecule has 0 fully saturated rings. The van der Waals surface area contributed by atoms with Gasteiger partial charge >= 0.3 is 0 Å². The van der Waals surface area contributed by atoms with Crippen LogP contribution in [0.15, 0.2) is 35.3 Å². The van der Waals surface area contributed by atoms with Crippen LogP contribution >= 0.6 is 46.6 Å². The average Bonchev–Trinajstić information content (AvgIpc) is 3.20. The van der Waals surface area contributed by atoms with Crippen LogP contribution in [0.3, 0.4) is 0 Å². The Morgan fingerprint density at radius 1 is 1.19 bits per heavy atom. The monoisotopic (exact) mass is 439 g/mol. The second-order valence-corrected chi connectivity index (χ2v) is 8.28. The highest BCUT2D eigenvalue weighted by atomic mass is 35.5. The molecule has 4 rings (SSSR count). The van der Waals surface area contributed by atoms with E-state index in [1.165, 1.54) is 0 Å². The number of imidazole rings is 1. The van der Waals surface area contributed by atoms with E-state index in [4.69, 9.17) is 39.8 Å². The molecule has 27 heavy (non-hydrogen) atoms. The van der Waals surface area contributed by atoms with E-state index in [1.807, 2.05) is 24.5 Å². The molecule has 0 radical (unpaired) electrons. The molecule has 5 nitrogen and oxygen atoms in total. The fourth-order valence-corrected chi connectivity index (χ4v) is 4.44. The summed E-state index contributed by atoms with van der Waals surface area (Å²) in [6.07, 6.45) is 2.80. The number of pyridine rings is 1. The Kier molecular flexibility index (Phi) is 5.50. The SMILES string of the molecule is CSC1=NC(Cc2ccc(Cl)cc2Cl)CN1Cc1nc2ccc(Cl)nc2[nH]1. The van der Waals surface area contributed by atoms with Gasteiger partial charge in [0, 0.05) is 16.6 Å². The minimum atomic E-state index is 0.142. The van der Waals surface area contributed by atoms with Crippen molar-refractivity contribution in [2.45, 2.75) is 19.0 Å². The van der Waals surface area contributed by atoms with Crippen molar-refractivity contribution < 1.29 is 0 Å². The summed E-state index contributed by atoms with van der Waals surface area (Å²) in [6, 6.07) is 9.35. The minimum absolute atomic E-state index is 0.142. The number of rotatable bonds is 4. The number of hydrogen-bond donors (Lipinski definition) is 1. The lowest BCUT2D eigenvalue weighted by Gasteiger charge is -2.18.